The van der Waals surface area contributed by atoms with Crippen molar-refractivity contribution in [2.24, 2.45) is 17.3 Å². The highest BCUT2D eigenvalue weighted by Gasteiger charge is 2.69. The smallest absolute Gasteiger partial charge is 0.246 e. The van der Waals surface area contributed by atoms with Crippen LogP contribution in [0, 0.1) is 17.3 Å². The third-order valence-electron chi connectivity index (χ3n) is 5.29. The van der Waals surface area contributed by atoms with E-state index in [0.717, 1.165) is 5.57 Å². The Hall–Kier alpha value is -1.59. The maximum Gasteiger partial charge on any atom is 0.246 e. The first-order valence-electron chi connectivity index (χ1n) is 9.16. The van der Waals surface area contributed by atoms with Crippen LogP contribution in [0.4, 0.5) is 5.69 Å². The summed E-state index contributed by atoms with van der Waals surface area (Å²) in [5.41, 5.74) is 0.453. The van der Waals surface area contributed by atoms with E-state index in [0.29, 0.717) is 5.69 Å². The van der Waals surface area contributed by atoms with E-state index in [1.54, 1.807) is 24.3 Å². The average molecular weight is 389 g/mol. The molecule has 1 unspecified atom stereocenters. The number of nitrogens with zero attached hydrogens (tertiary/aromatic N) is 1. The third-order valence-corrected chi connectivity index (χ3v) is 7.50. The van der Waals surface area contributed by atoms with Crippen molar-refractivity contribution in [3.63, 3.8) is 0 Å². The van der Waals surface area contributed by atoms with Crippen molar-refractivity contribution in [1.29, 1.82) is 0 Å². The van der Waals surface area contributed by atoms with Gasteiger partial charge in [-0.3, -0.25) is 9.59 Å². The molecule has 4 aliphatic rings. The number of carbonyl (C=O) groups excluding carboxylic acids is 2. The fraction of sp³-hybridized carbons (Fsp3) is 0.500. The van der Waals surface area contributed by atoms with Gasteiger partial charge in [0.15, 0.2) is 0 Å². The zero-order valence-corrected chi connectivity index (χ0v) is 16.8. The topological polar surface area (TPSA) is 78.9 Å². The van der Waals surface area contributed by atoms with E-state index in [1.807, 2.05) is 39.8 Å². The van der Waals surface area contributed by atoms with Crippen LogP contribution in [-0.2, 0) is 18.6 Å². The molecule has 5 rings (SSSR count). The number of benzene rings is 1. The first-order valence-corrected chi connectivity index (χ1v) is 10.8. The molecule has 0 aromatic heterocycles. The molecule has 3 heterocycles. The number of hydrogen-bond acceptors (Lipinski definition) is 5. The first-order chi connectivity index (χ1) is 12.6. The van der Waals surface area contributed by atoms with E-state index < -0.39 is 31.5 Å². The van der Waals surface area contributed by atoms with Gasteiger partial charge in [-0.25, -0.2) is 13.9 Å². The van der Waals surface area contributed by atoms with Gasteiger partial charge >= 0.3 is 0 Å². The van der Waals surface area contributed by atoms with Crippen LogP contribution in [0.25, 0.3) is 0 Å². The quantitative estimate of drug-likeness (QED) is 0.451. The highest BCUT2D eigenvalue weighted by atomic mass is 31.2. The number of imide groups is 1. The van der Waals surface area contributed by atoms with Gasteiger partial charge in [-0.2, -0.15) is 0 Å². The predicted octanol–water partition coefficient (Wildman–Crippen LogP) is 2.71. The van der Waals surface area contributed by atoms with Gasteiger partial charge in [-0.15, -0.1) is 0 Å². The van der Waals surface area contributed by atoms with Crippen LogP contribution in [0.1, 0.15) is 27.7 Å². The standard InChI is InChI=1S/C20H24NO5P/c1-12-10-14-15-16(17(12)26-27(14,24)25-11-20(2,3)4)19(23)21(18(15)22)13-8-6-5-7-9-13/h5-10,14-17H,11H2,1-4H3/t14-,15+,16+,17+,27?/m0/s1. The maximum atomic E-state index is 13.5. The van der Waals surface area contributed by atoms with Crippen molar-refractivity contribution < 1.29 is 23.5 Å². The Bertz CT molecular complexity index is 817. The molecule has 2 bridgehead atoms. The van der Waals surface area contributed by atoms with Crippen molar-refractivity contribution in [3.05, 3.63) is 42.0 Å². The molecule has 2 fully saturated rings. The number of carbonyl (C=O) groups is 2. The predicted molar refractivity (Wildman–Crippen MR) is 101 cm³/mol. The molecule has 3 aliphatic heterocycles. The molecule has 1 aliphatic carbocycles. The molecule has 6 nitrogen and oxygen atoms in total. The molecule has 1 aromatic carbocycles. The lowest BCUT2D eigenvalue weighted by atomic mass is 9.79. The van der Waals surface area contributed by atoms with Crippen molar-refractivity contribution in [2.75, 3.05) is 11.5 Å². The zero-order chi connectivity index (χ0) is 19.6. The number of hydrogen-bond donors (Lipinski definition) is 0. The Morgan fingerprint density at radius 3 is 2.41 bits per heavy atom. The van der Waals surface area contributed by atoms with E-state index in [4.69, 9.17) is 9.05 Å². The summed E-state index contributed by atoms with van der Waals surface area (Å²) in [4.78, 5) is 41.0. The molecule has 0 radical (unpaired) electrons. The van der Waals surface area contributed by atoms with Crippen molar-refractivity contribution >= 4 is 25.4 Å². The van der Waals surface area contributed by atoms with Gasteiger partial charge in [0.05, 0.1) is 24.1 Å². The number of fused-ring (bicyclic) bond motifs is 1. The largest absolute Gasteiger partial charge is 0.631 e. The van der Waals surface area contributed by atoms with Crippen LogP contribution < -0.4 is 9.79 Å². The van der Waals surface area contributed by atoms with Gasteiger partial charge in [0.2, 0.25) is 19.8 Å². The van der Waals surface area contributed by atoms with Gasteiger partial charge < -0.3 is 4.89 Å². The minimum absolute atomic E-state index is 0.193. The molecule has 0 saturated carbocycles. The first kappa shape index (κ1) is 18.8. The normalized spacial score (nSPS) is 35.4. The third kappa shape index (κ3) is 2.95. The fourth-order valence-corrected chi connectivity index (χ4v) is 6.72. The van der Waals surface area contributed by atoms with E-state index in [2.05, 4.69) is 0 Å². The summed E-state index contributed by atoms with van der Waals surface area (Å²) in [6, 6.07) is 8.85. The molecular weight excluding hydrogens is 365 g/mol. The highest BCUT2D eigenvalue weighted by molar-refractivity contribution is 7.60. The number of rotatable bonds is 3. The minimum atomic E-state index is -3.54. The molecule has 2 amide bonds. The molecule has 144 valence electrons. The van der Waals surface area contributed by atoms with Gasteiger partial charge in [-0.1, -0.05) is 39.0 Å². The molecule has 27 heavy (non-hydrogen) atoms. The summed E-state index contributed by atoms with van der Waals surface area (Å²) in [7, 11) is -3.54. The number of para-hydroxylation sites is 1. The molecule has 1 aromatic rings. The monoisotopic (exact) mass is 389 g/mol. The second-order valence-electron chi connectivity index (χ2n) is 8.70. The summed E-state index contributed by atoms with van der Waals surface area (Å²) >= 11 is 0. The number of anilines is 1. The lowest BCUT2D eigenvalue weighted by molar-refractivity contribution is -0.235. The second-order valence-corrected chi connectivity index (χ2v) is 10.8. The molecule has 0 N–H and O–H groups in total. The van der Waals surface area contributed by atoms with E-state index in [-0.39, 0.29) is 23.8 Å². The SMILES string of the molecule is CC1=C[C@H]2[C@H]3C(=O)N(c4ccccc4)C(=O)[C@H]3[C@@H]1O[P+]2([O-])OCC(C)(C)C. The molecule has 0 spiro atoms. The molecule has 5 atom stereocenters. The summed E-state index contributed by atoms with van der Waals surface area (Å²) in [5.74, 6) is -1.96. The van der Waals surface area contributed by atoms with E-state index in [1.165, 1.54) is 4.90 Å². The molecule has 2 saturated heterocycles. The minimum Gasteiger partial charge on any atom is -0.631 e. The van der Waals surface area contributed by atoms with Crippen LogP contribution in [0.5, 0.6) is 0 Å². The lowest BCUT2D eigenvalue weighted by Gasteiger charge is -2.48. The van der Waals surface area contributed by atoms with Crippen LogP contribution in [-0.4, -0.2) is 30.2 Å². The number of allylic oxidation sites excluding steroid dienone is 1. The van der Waals surface area contributed by atoms with Crippen molar-refractivity contribution in [1.82, 2.24) is 0 Å². The van der Waals surface area contributed by atoms with E-state index >= 15 is 0 Å². The number of amides is 2. The summed E-state index contributed by atoms with van der Waals surface area (Å²) < 4.78 is 11.6. The Balaban J connectivity index is 1.70. The van der Waals surface area contributed by atoms with E-state index in [9.17, 15) is 14.5 Å². The Morgan fingerprint density at radius 2 is 1.78 bits per heavy atom. The maximum absolute atomic E-state index is 13.5. The second kappa shape index (κ2) is 6.21. The fourth-order valence-electron chi connectivity index (χ4n) is 4.04. The lowest BCUT2D eigenvalue weighted by Crippen LogP contribution is -2.52. The Kier molecular flexibility index (Phi) is 4.32. The summed E-state index contributed by atoms with van der Waals surface area (Å²) in [6.45, 7) is 8.04. The van der Waals surface area contributed by atoms with Gasteiger partial charge in [0.1, 0.15) is 11.8 Å². The van der Waals surface area contributed by atoms with Crippen LogP contribution in [0.2, 0.25) is 0 Å². The Morgan fingerprint density at radius 1 is 1.15 bits per heavy atom. The van der Waals surface area contributed by atoms with Crippen LogP contribution >= 0.6 is 7.94 Å². The van der Waals surface area contributed by atoms with Gasteiger partial charge in [0.25, 0.3) is 0 Å². The highest BCUT2D eigenvalue weighted by Crippen LogP contribution is 2.70. The van der Waals surface area contributed by atoms with Gasteiger partial charge in [0, 0.05) is 0 Å². The van der Waals surface area contributed by atoms with Crippen LogP contribution in [0.3, 0.4) is 0 Å². The molecular formula is C20H24NO5P. The summed E-state index contributed by atoms with van der Waals surface area (Å²) in [5, 5.41) is 0. The van der Waals surface area contributed by atoms with Crippen molar-refractivity contribution in [2.45, 2.75) is 39.5 Å². The van der Waals surface area contributed by atoms with Crippen LogP contribution in [0.15, 0.2) is 42.0 Å². The summed E-state index contributed by atoms with van der Waals surface area (Å²) in [6.07, 6.45) is 1.13. The molecule has 7 heteroatoms. The van der Waals surface area contributed by atoms with Crippen molar-refractivity contribution in [3.8, 4) is 0 Å². The zero-order valence-electron chi connectivity index (χ0n) is 15.9. The Labute approximate surface area is 159 Å². The van der Waals surface area contributed by atoms with Gasteiger partial charge in [-0.05, 0) is 36.1 Å². The average Bonchev–Trinajstić information content (AvgIpc) is 2.87.